The van der Waals surface area contributed by atoms with Crippen LogP contribution in [0.1, 0.15) is 89.3 Å². The fourth-order valence-corrected chi connectivity index (χ4v) is 5.85. The summed E-state index contributed by atoms with van der Waals surface area (Å²) < 4.78 is 0. The van der Waals surface area contributed by atoms with Crippen molar-refractivity contribution < 1.29 is 0 Å². The zero-order chi connectivity index (χ0) is 18.9. The molecule has 2 heteroatoms. The maximum Gasteiger partial charge on any atom is 0.0169 e. The summed E-state index contributed by atoms with van der Waals surface area (Å²) in [6.45, 7) is 18.0. The Kier molecular flexibility index (Phi) is 7.25. The summed E-state index contributed by atoms with van der Waals surface area (Å²) in [5.41, 5.74) is 7.05. The van der Waals surface area contributed by atoms with Crippen LogP contribution in [0.3, 0.4) is 0 Å². The van der Waals surface area contributed by atoms with Gasteiger partial charge in [-0.15, -0.1) is 12.4 Å². The van der Waals surface area contributed by atoms with E-state index in [9.17, 15) is 0 Å². The molecule has 152 valence electrons. The van der Waals surface area contributed by atoms with Gasteiger partial charge in [-0.05, 0) is 79.0 Å². The van der Waals surface area contributed by atoms with E-state index in [2.05, 4.69) is 70.7 Å². The lowest BCUT2D eigenvalue weighted by Gasteiger charge is -2.46. The summed E-state index contributed by atoms with van der Waals surface area (Å²) in [7, 11) is 0. The van der Waals surface area contributed by atoms with E-state index in [1.807, 2.05) is 0 Å². The molecule has 1 nitrogen and oxygen atoms in total. The second-order valence-corrected chi connectivity index (χ2v) is 10.5. The molecule has 2 aliphatic rings. The van der Waals surface area contributed by atoms with Crippen molar-refractivity contribution in [2.75, 3.05) is 19.6 Å². The second-order valence-electron chi connectivity index (χ2n) is 10.5. The minimum atomic E-state index is 0. The first-order chi connectivity index (χ1) is 12.2. The third-order valence-electron chi connectivity index (χ3n) is 6.38. The van der Waals surface area contributed by atoms with Crippen LogP contribution in [0.4, 0.5) is 0 Å². The van der Waals surface area contributed by atoms with Crippen molar-refractivity contribution in [3.63, 3.8) is 0 Å². The van der Waals surface area contributed by atoms with E-state index in [1.165, 1.54) is 50.8 Å². The van der Waals surface area contributed by atoms with Crippen molar-refractivity contribution in [1.29, 1.82) is 0 Å². The molecule has 0 saturated heterocycles. The molecule has 3 rings (SSSR count). The Morgan fingerprint density at radius 3 is 2.30 bits per heavy atom. The van der Waals surface area contributed by atoms with Gasteiger partial charge in [0.1, 0.15) is 0 Å². The highest BCUT2D eigenvalue weighted by Crippen LogP contribution is 2.52. The average molecular weight is 390 g/mol. The molecule has 1 fully saturated rings. The largest absolute Gasteiger partial charge is 0.299 e. The lowest BCUT2D eigenvalue weighted by molar-refractivity contribution is 0.0968. The number of aryl methyl sites for hydroxylation is 1. The molecule has 1 aromatic rings. The molecular weight excluding hydrogens is 350 g/mol. The summed E-state index contributed by atoms with van der Waals surface area (Å²) in [6.07, 6.45) is 8.95. The van der Waals surface area contributed by atoms with Gasteiger partial charge in [0, 0.05) is 13.1 Å². The Balaban J connectivity index is 0.00000261. The number of nitrogens with zero attached hydrogens (tertiary/aromatic N) is 1. The Hall–Kier alpha value is -0.790. The van der Waals surface area contributed by atoms with Crippen LogP contribution in [-0.4, -0.2) is 24.5 Å². The second kappa shape index (κ2) is 8.70. The Bertz CT molecular complexity index is 655. The maximum atomic E-state index is 2.59. The number of hydrogen-bond acceptors (Lipinski definition) is 1. The zero-order valence-corrected chi connectivity index (χ0v) is 19.2. The van der Waals surface area contributed by atoms with Gasteiger partial charge < -0.3 is 0 Å². The highest BCUT2D eigenvalue weighted by Gasteiger charge is 2.39. The molecule has 0 unspecified atom stereocenters. The van der Waals surface area contributed by atoms with E-state index < -0.39 is 0 Å². The van der Waals surface area contributed by atoms with E-state index in [1.54, 1.807) is 16.7 Å². The number of rotatable bonds is 4. The first-order valence-electron chi connectivity index (χ1n) is 10.7. The van der Waals surface area contributed by atoms with Gasteiger partial charge in [0.2, 0.25) is 0 Å². The molecule has 1 aliphatic carbocycles. The normalized spacial score (nSPS) is 22.8. The molecule has 0 spiro atoms. The standard InChI is InChI=1S/C25H39N.ClH/c1-7-12-26-13-10-20(11-14-26)22-9-8-19(2)15-23(22)21-16-24(3,4)18-25(5,6)17-21;/h8-10,15,21H,7,11-14,16-18H2,1-6H3;1H. The van der Waals surface area contributed by atoms with Gasteiger partial charge in [-0.1, -0.05) is 64.5 Å². The summed E-state index contributed by atoms with van der Waals surface area (Å²) in [6, 6.07) is 7.23. The van der Waals surface area contributed by atoms with Crippen molar-refractivity contribution in [3.8, 4) is 0 Å². The van der Waals surface area contributed by atoms with Gasteiger partial charge in [-0.25, -0.2) is 0 Å². The van der Waals surface area contributed by atoms with Gasteiger partial charge >= 0.3 is 0 Å². The van der Waals surface area contributed by atoms with Crippen LogP contribution in [0.15, 0.2) is 24.3 Å². The third kappa shape index (κ3) is 5.61. The highest BCUT2D eigenvalue weighted by molar-refractivity contribution is 5.85. The minimum Gasteiger partial charge on any atom is -0.299 e. The van der Waals surface area contributed by atoms with Gasteiger partial charge in [-0.3, -0.25) is 4.90 Å². The van der Waals surface area contributed by atoms with Crippen LogP contribution in [0.5, 0.6) is 0 Å². The van der Waals surface area contributed by atoms with E-state index in [4.69, 9.17) is 0 Å². The number of benzene rings is 1. The molecule has 27 heavy (non-hydrogen) atoms. The molecule has 0 bridgehead atoms. The Morgan fingerprint density at radius 1 is 1.07 bits per heavy atom. The molecular formula is C25H40ClN. The lowest BCUT2D eigenvalue weighted by Crippen LogP contribution is -2.33. The van der Waals surface area contributed by atoms with Crippen molar-refractivity contribution in [1.82, 2.24) is 4.90 Å². The topological polar surface area (TPSA) is 3.24 Å². The molecule has 1 aromatic carbocycles. The van der Waals surface area contributed by atoms with Crippen LogP contribution in [-0.2, 0) is 0 Å². The van der Waals surface area contributed by atoms with Crippen molar-refractivity contribution >= 4 is 18.0 Å². The average Bonchev–Trinajstić information content (AvgIpc) is 2.53. The molecule has 1 saturated carbocycles. The van der Waals surface area contributed by atoms with Crippen molar-refractivity contribution in [2.24, 2.45) is 10.8 Å². The van der Waals surface area contributed by atoms with Gasteiger partial charge in [0.25, 0.3) is 0 Å². The SMILES string of the molecule is CCCN1CC=C(c2ccc(C)cc2C2CC(C)(C)CC(C)(C)C2)CC1.Cl. The van der Waals surface area contributed by atoms with Crippen LogP contribution in [0.25, 0.3) is 5.57 Å². The predicted molar refractivity (Wildman–Crippen MR) is 122 cm³/mol. The maximum absolute atomic E-state index is 2.59. The molecule has 0 amide bonds. The molecule has 0 aromatic heterocycles. The van der Waals surface area contributed by atoms with Gasteiger partial charge in [0.15, 0.2) is 0 Å². The van der Waals surface area contributed by atoms with E-state index in [0.29, 0.717) is 16.7 Å². The van der Waals surface area contributed by atoms with Crippen molar-refractivity contribution in [3.05, 3.63) is 41.0 Å². The quantitative estimate of drug-likeness (QED) is 0.524. The van der Waals surface area contributed by atoms with E-state index in [0.717, 1.165) is 6.54 Å². The van der Waals surface area contributed by atoms with Gasteiger partial charge in [-0.2, -0.15) is 0 Å². The Morgan fingerprint density at radius 2 is 1.74 bits per heavy atom. The summed E-state index contributed by atoms with van der Waals surface area (Å²) in [4.78, 5) is 2.59. The lowest BCUT2D eigenvalue weighted by atomic mass is 9.59. The smallest absolute Gasteiger partial charge is 0.0169 e. The summed E-state index contributed by atoms with van der Waals surface area (Å²) in [5.74, 6) is 0.693. The van der Waals surface area contributed by atoms with Crippen LogP contribution in [0, 0.1) is 17.8 Å². The monoisotopic (exact) mass is 389 g/mol. The van der Waals surface area contributed by atoms with Crippen LogP contribution < -0.4 is 0 Å². The number of hydrogen-bond donors (Lipinski definition) is 0. The molecule has 0 atom stereocenters. The number of halogens is 1. The first-order valence-corrected chi connectivity index (χ1v) is 10.7. The first kappa shape index (κ1) is 22.5. The molecule has 0 N–H and O–H groups in total. The molecule has 0 radical (unpaired) electrons. The summed E-state index contributed by atoms with van der Waals surface area (Å²) in [5, 5.41) is 0. The fourth-order valence-electron chi connectivity index (χ4n) is 5.85. The van der Waals surface area contributed by atoms with Crippen molar-refractivity contribution in [2.45, 2.75) is 79.6 Å². The summed E-state index contributed by atoms with van der Waals surface area (Å²) >= 11 is 0. The highest BCUT2D eigenvalue weighted by atomic mass is 35.5. The molecule has 1 heterocycles. The van der Waals surface area contributed by atoms with Gasteiger partial charge in [0.05, 0.1) is 0 Å². The van der Waals surface area contributed by atoms with Crippen LogP contribution in [0.2, 0.25) is 0 Å². The predicted octanol–water partition coefficient (Wildman–Crippen LogP) is 7.24. The molecule has 1 aliphatic heterocycles. The Labute approximate surface area is 174 Å². The van der Waals surface area contributed by atoms with Crippen LogP contribution >= 0.6 is 12.4 Å². The third-order valence-corrected chi connectivity index (χ3v) is 6.38. The fraction of sp³-hybridized carbons (Fsp3) is 0.680. The van der Waals surface area contributed by atoms with E-state index >= 15 is 0 Å². The minimum absolute atomic E-state index is 0. The van der Waals surface area contributed by atoms with E-state index in [-0.39, 0.29) is 12.4 Å². The zero-order valence-electron chi connectivity index (χ0n) is 18.4.